The predicted molar refractivity (Wildman–Crippen MR) is 51.9 cm³/mol. The zero-order valence-corrected chi connectivity index (χ0v) is 7.99. The van der Waals surface area contributed by atoms with Crippen LogP contribution in [-0.2, 0) is 4.79 Å². The van der Waals surface area contributed by atoms with Crippen molar-refractivity contribution in [3.8, 4) is 0 Å². The Hall–Kier alpha value is -0.370. The fraction of sp³-hybridized carbons (Fsp3) is 0.500. The van der Waals surface area contributed by atoms with Crippen LogP contribution in [0.5, 0.6) is 0 Å². The van der Waals surface area contributed by atoms with Gasteiger partial charge in [0.25, 0.3) is 0 Å². The lowest BCUT2D eigenvalue weighted by Gasteiger charge is -2.11. The summed E-state index contributed by atoms with van der Waals surface area (Å²) in [4.78, 5) is 11.3. The molecule has 0 bridgehead atoms. The number of hydrogen-bond acceptors (Lipinski definition) is 4. The molecule has 0 aliphatic carbocycles. The molecular formula is C4H13N3O2S2. The number of nitrogens with zero attached hydrogens (tertiary/aromatic N) is 1. The van der Waals surface area contributed by atoms with Crippen molar-refractivity contribution in [2.24, 2.45) is 0 Å². The second kappa shape index (κ2) is 7.73. The normalized spacial score (nSPS) is 7.09. The second-order valence-electron chi connectivity index (χ2n) is 1.53. The maximum atomic E-state index is 9.98. The number of thiol groups is 1. The first-order valence-corrected chi connectivity index (χ1v) is 3.05. The summed E-state index contributed by atoms with van der Waals surface area (Å²) >= 11 is 8.33. The number of carboxylic acids is 1. The third-order valence-electron chi connectivity index (χ3n) is 0.699. The van der Waals surface area contributed by atoms with Crippen LogP contribution in [0.1, 0.15) is 0 Å². The molecule has 0 amide bonds. The average molecular weight is 199 g/mol. The van der Waals surface area contributed by atoms with Gasteiger partial charge in [-0.05, 0) is 0 Å². The number of thiocarbonyl (C=S) groups is 1. The molecule has 0 spiro atoms. The molecule has 0 radical (unpaired) electrons. The maximum Gasteiger partial charge on any atom is 0.323 e. The molecule has 0 aromatic rings. The van der Waals surface area contributed by atoms with Crippen molar-refractivity contribution in [2.45, 2.75) is 0 Å². The Kier molecular flexibility index (Phi) is 11.9. The Bertz CT molecular complexity index is 141. The van der Waals surface area contributed by atoms with Crippen molar-refractivity contribution in [2.75, 3.05) is 13.6 Å². The van der Waals surface area contributed by atoms with Gasteiger partial charge >= 0.3 is 5.97 Å². The van der Waals surface area contributed by atoms with Gasteiger partial charge in [0.2, 0.25) is 0 Å². The van der Waals surface area contributed by atoms with E-state index < -0.39 is 5.97 Å². The largest absolute Gasteiger partial charge is 0.480 e. The molecule has 0 aliphatic heterocycles. The summed E-state index contributed by atoms with van der Waals surface area (Å²) in [6, 6.07) is 0. The number of carbonyl (C=O) groups is 1. The van der Waals surface area contributed by atoms with Crippen LogP contribution in [-0.4, -0.2) is 33.9 Å². The van der Waals surface area contributed by atoms with Gasteiger partial charge in [-0.25, -0.2) is 0 Å². The maximum absolute atomic E-state index is 9.98. The minimum absolute atomic E-state index is 0. The highest BCUT2D eigenvalue weighted by Gasteiger charge is 2.02. The molecule has 0 rings (SSSR count). The quantitative estimate of drug-likeness (QED) is 0.381. The highest BCUT2D eigenvalue weighted by molar-refractivity contribution is 8.10. The Balaban J connectivity index is -0.000000320. The fourth-order valence-corrected chi connectivity index (χ4v) is 0.406. The van der Waals surface area contributed by atoms with Gasteiger partial charge in [0.1, 0.15) is 10.9 Å². The van der Waals surface area contributed by atoms with Gasteiger partial charge in [0.05, 0.1) is 0 Å². The minimum Gasteiger partial charge on any atom is -0.480 e. The number of likely N-dealkylation sites (N-methyl/N-ethyl adjacent to an activating group) is 1. The summed E-state index contributed by atoms with van der Waals surface area (Å²) in [5.74, 6) is -0.908. The molecule has 0 aromatic carbocycles. The van der Waals surface area contributed by atoms with Crippen molar-refractivity contribution in [1.29, 1.82) is 0 Å². The second-order valence-corrected chi connectivity index (χ2v) is 2.65. The van der Waals surface area contributed by atoms with Crippen LogP contribution >= 0.6 is 24.8 Å². The molecule has 7 heteroatoms. The molecule has 11 heavy (non-hydrogen) atoms. The first-order valence-electron chi connectivity index (χ1n) is 2.20. The van der Waals surface area contributed by atoms with Gasteiger partial charge in [-0.2, -0.15) is 0 Å². The average Bonchev–Trinajstić information content (AvgIpc) is 1.63. The molecule has 0 unspecified atom stereocenters. The summed E-state index contributed by atoms with van der Waals surface area (Å²) in [5, 5.41) is 8.20. The Morgan fingerprint density at radius 1 is 1.64 bits per heavy atom. The lowest BCUT2D eigenvalue weighted by Crippen LogP contribution is -2.27. The topological polar surface area (TPSA) is 111 Å². The lowest BCUT2D eigenvalue weighted by atomic mass is 10.6. The van der Waals surface area contributed by atoms with Crippen molar-refractivity contribution in [1.82, 2.24) is 17.2 Å². The van der Waals surface area contributed by atoms with E-state index in [2.05, 4.69) is 24.8 Å². The Morgan fingerprint density at radius 3 is 2.09 bits per heavy atom. The van der Waals surface area contributed by atoms with E-state index in [1.807, 2.05) is 0 Å². The van der Waals surface area contributed by atoms with Crippen LogP contribution in [0.2, 0.25) is 0 Å². The van der Waals surface area contributed by atoms with E-state index in [1.54, 1.807) is 7.05 Å². The van der Waals surface area contributed by atoms with Crippen molar-refractivity contribution in [3.63, 3.8) is 0 Å². The van der Waals surface area contributed by atoms with Crippen LogP contribution in [0.25, 0.3) is 0 Å². The van der Waals surface area contributed by atoms with Crippen molar-refractivity contribution >= 4 is 35.1 Å². The number of aliphatic carboxylic acids is 1. The Labute approximate surface area is 76.3 Å². The Morgan fingerprint density at radius 2 is 2.00 bits per heavy atom. The third kappa shape index (κ3) is 9.63. The smallest absolute Gasteiger partial charge is 0.323 e. The molecule has 0 atom stereocenters. The fourth-order valence-electron chi connectivity index (χ4n) is 0.271. The monoisotopic (exact) mass is 199 g/mol. The van der Waals surface area contributed by atoms with E-state index in [1.165, 1.54) is 4.90 Å². The van der Waals surface area contributed by atoms with Crippen LogP contribution in [0.15, 0.2) is 0 Å². The van der Waals surface area contributed by atoms with E-state index in [-0.39, 0.29) is 23.2 Å². The standard InChI is InChI=1S/C4H7NO2S2.2H3N/c1-5(4(8)9)2-3(6)7;;/h2H2,1H3,(H,6,7)(H,8,9);2*1H3. The molecule has 0 saturated carbocycles. The zero-order valence-electron chi connectivity index (χ0n) is 6.28. The summed E-state index contributed by atoms with van der Waals surface area (Å²) in [7, 11) is 1.57. The van der Waals surface area contributed by atoms with Crippen LogP contribution in [0, 0.1) is 0 Å². The highest BCUT2D eigenvalue weighted by Crippen LogP contribution is 1.90. The SMILES string of the molecule is CN(CC(=O)O)C(=S)S.N.N. The molecule has 0 fully saturated rings. The molecule has 0 saturated heterocycles. The van der Waals surface area contributed by atoms with Crippen LogP contribution in [0.4, 0.5) is 0 Å². The highest BCUT2D eigenvalue weighted by atomic mass is 32.1. The predicted octanol–water partition coefficient (Wildman–Crippen LogP) is 0.541. The van der Waals surface area contributed by atoms with E-state index in [9.17, 15) is 4.79 Å². The molecular weight excluding hydrogens is 186 g/mol. The van der Waals surface area contributed by atoms with Gasteiger partial charge in [0, 0.05) is 7.05 Å². The molecule has 68 valence electrons. The number of rotatable bonds is 2. The van der Waals surface area contributed by atoms with Gasteiger partial charge in [-0.1, -0.05) is 12.2 Å². The van der Waals surface area contributed by atoms with Crippen molar-refractivity contribution in [3.05, 3.63) is 0 Å². The summed E-state index contributed by atoms with van der Waals surface area (Å²) in [6.07, 6.45) is 0. The van der Waals surface area contributed by atoms with Gasteiger partial charge < -0.3 is 22.3 Å². The summed E-state index contributed by atoms with van der Waals surface area (Å²) in [5.41, 5.74) is 0. The molecule has 7 N–H and O–H groups in total. The van der Waals surface area contributed by atoms with Gasteiger partial charge in [-0.3, -0.25) is 4.79 Å². The van der Waals surface area contributed by atoms with Gasteiger partial charge in [0.15, 0.2) is 0 Å². The van der Waals surface area contributed by atoms with E-state index in [0.29, 0.717) is 0 Å². The zero-order chi connectivity index (χ0) is 7.44. The van der Waals surface area contributed by atoms with E-state index in [0.717, 1.165) is 0 Å². The van der Waals surface area contributed by atoms with Crippen LogP contribution in [0.3, 0.4) is 0 Å². The van der Waals surface area contributed by atoms with E-state index in [4.69, 9.17) is 5.11 Å². The van der Waals surface area contributed by atoms with Gasteiger partial charge in [-0.15, -0.1) is 12.6 Å². The molecule has 0 aliphatic rings. The molecule has 5 nitrogen and oxygen atoms in total. The van der Waals surface area contributed by atoms with Crippen LogP contribution < -0.4 is 12.3 Å². The third-order valence-corrected chi connectivity index (χ3v) is 1.35. The molecule has 0 heterocycles. The number of hydrogen-bond donors (Lipinski definition) is 4. The minimum atomic E-state index is -0.908. The summed E-state index contributed by atoms with van der Waals surface area (Å²) < 4.78 is 0.289. The molecule has 0 aromatic heterocycles. The van der Waals surface area contributed by atoms with E-state index >= 15 is 0 Å². The summed E-state index contributed by atoms with van der Waals surface area (Å²) in [6.45, 7) is -0.0949. The first kappa shape index (κ1) is 16.9. The number of carboxylic acid groups (broad SMARTS) is 1. The van der Waals surface area contributed by atoms with Crippen molar-refractivity contribution < 1.29 is 9.90 Å². The first-order chi connectivity index (χ1) is 4.04. The lowest BCUT2D eigenvalue weighted by molar-refractivity contribution is -0.137.